The van der Waals surface area contributed by atoms with Crippen molar-refractivity contribution in [2.45, 2.75) is 57.4 Å². The molecule has 188 valence electrons. The summed E-state index contributed by atoms with van der Waals surface area (Å²) in [6.45, 7) is 9.56. The number of hydrogen-bond acceptors (Lipinski definition) is 4. The lowest BCUT2D eigenvalue weighted by Gasteiger charge is -2.23. The number of halogens is 1. The van der Waals surface area contributed by atoms with Crippen LogP contribution in [0.5, 0.6) is 0 Å². The SMILES string of the molecule is CCN(CC)CCCC(C)NC(=O)CCN(CCc1ccccc1)S(=O)(=O)c1ccc(F)cc1. The van der Waals surface area contributed by atoms with E-state index in [9.17, 15) is 17.6 Å². The Hall–Kier alpha value is -2.29. The van der Waals surface area contributed by atoms with Crippen LogP contribution in [0.4, 0.5) is 4.39 Å². The summed E-state index contributed by atoms with van der Waals surface area (Å²) >= 11 is 0. The van der Waals surface area contributed by atoms with Crippen molar-refractivity contribution >= 4 is 15.9 Å². The van der Waals surface area contributed by atoms with Gasteiger partial charge in [0.15, 0.2) is 0 Å². The number of carbonyl (C=O) groups is 1. The van der Waals surface area contributed by atoms with Crippen LogP contribution < -0.4 is 5.32 Å². The number of hydrogen-bond donors (Lipinski definition) is 1. The Kier molecular flexibility index (Phi) is 11.7. The van der Waals surface area contributed by atoms with Crippen molar-refractivity contribution in [3.8, 4) is 0 Å². The number of nitrogens with zero attached hydrogens (tertiary/aromatic N) is 2. The van der Waals surface area contributed by atoms with E-state index >= 15 is 0 Å². The maximum absolute atomic E-state index is 13.3. The van der Waals surface area contributed by atoms with Gasteiger partial charge < -0.3 is 10.2 Å². The molecule has 34 heavy (non-hydrogen) atoms. The van der Waals surface area contributed by atoms with Crippen molar-refractivity contribution in [2.75, 3.05) is 32.7 Å². The average molecular weight is 492 g/mol. The van der Waals surface area contributed by atoms with Gasteiger partial charge in [-0.2, -0.15) is 4.31 Å². The zero-order valence-corrected chi connectivity index (χ0v) is 21.4. The van der Waals surface area contributed by atoms with Crippen LogP contribution in [0, 0.1) is 5.82 Å². The summed E-state index contributed by atoms with van der Waals surface area (Å²) in [4.78, 5) is 14.9. The highest BCUT2D eigenvalue weighted by Gasteiger charge is 2.25. The summed E-state index contributed by atoms with van der Waals surface area (Å²) in [6.07, 6.45) is 2.44. The lowest BCUT2D eigenvalue weighted by atomic mass is 10.1. The molecule has 1 N–H and O–H groups in total. The van der Waals surface area contributed by atoms with Crippen LogP contribution in [0.1, 0.15) is 45.6 Å². The maximum atomic E-state index is 13.3. The molecule has 2 rings (SSSR count). The Labute approximate surface area is 204 Å². The second-order valence-corrected chi connectivity index (χ2v) is 10.4. The Balaban J connectivity index is 1.98. The van der Waals surface area contributed by atoms with E-state index in [2.05, 4.69) is 24.1 Å². The molecule has 0 aliphatic rings. The fourth-order valence-electron chi connectivity index (χ4n) is 3.81. The zero-order valence-electron chi connectivity index (χ0n) is 20.5. The summed E-state index contributed by atoms with van der Waals surface area (Å²) in [7, 11) is -3.86. The molecule has 0 aliphatic heterocycles. The highest BCUT2D eigenvalue weighted by atomic mass is 32.2. The molecule has 0 spiro atoms. The molecular weight excluding hydrogens is 453 g/mol. The van der Waals surface area contributed by atoms with Gasteiger partial charge in [-0.25, -0.2) is 12.8 Å². The molecule has 2 aromatic carbocycles. The summed E-state index contributed by atoms with van der Waals surface area (Å²) in [5.41, 5.74) is 1.01. The quantitative estimate of drug-likeness (QED) is 0.408. The molecule has 0 saturated carbocycles. The molecular formula is C26H38FN3O3S. The minimum absolute atomic E-state index is 0.0205. The van der Waals surface area contributed by atoms with Crippen molar-refractivity contribution in [1.82, 2.24) is 14.5 Å². The largest absolute Gasteiger partial charge is 0.354 e. The van der Waals surface area contributed by atoms with Crippen LogP contribution in [0.15, 0.2) is 59.5 Å². The summed E-state index contributed by atoms with van der Waals surface area (Å²) in [6, 6.07) is 14.4. The number of rotatable bonds is 15. The van der Waals surface area contributed by atoms with Gasteiger partial charge in [0.2, 0.25) is 15.9 Å². The van der Waals surface area contributed by atoms with Gasteiger partial charge in [0.1, 0.15) is 5.82 Å². The highest BCUT2D eigenvalue weighted by molar-refractivity contribution is 7.89. The van der Waals surface area contributed by atoms with E-state index < -0.39 is 15.8 Å². The molecule has 0 fully saturated rings. The molecule has 1 unspecified atom stereocenters. The van der Waals surface area contributed by atoms with Crippen molar-refractivity contribution in [1.29, 1.82) is 0 Å². The standard InChI is InChI=1S/C26H38FN3O3S/c1-4-29(5-2)19-9-10-22(3)28-26(31)18-21-30(20-17-23-11-7-6-8-12-23)34(32,33)25-15-13-24(27)14-16-25/h6-8,11-16,22H,4-5,9-10,17-21H2,1-3H3,(H,28,31). The first-order valence-corrected chi connectivity index (χ1v) is 13.5. The molecule has 0 radical (unpaired) electrons. The number of sulfonamides is 1. The monoisotopic (exact) mass is 491 g/mol. The molecule has 0 aliphatic carbocycles. The molecule has 0 aromatic heterocycles. The predicted molar refractivity (Wildman–Crippen MR) is 135 cm³/mol. The average Bonchev–Trinajstić information content (AvgIpc) is 2.82. The van der Waals surface area contributed by atoms with E-state index in [1.165, 1.54) is 16.4 Å². The van der Waals surface area contributed by atoms with E-state index in [-0.39, 0.29) is 36.4 Å². The van der Waals surface area contributed by atoms with E-state index in [0.717, 1.165) is 50.2 Å². The first-order chi connectivity index (χ1) is 16.3. The fraction of sp³-hybridized carbons (Fsp3) is 0.500. The minimum Gasteiger partial charge on any atom is -0.354 e. The Morgan fingerprint density at radius 1 is 0.971 bits per heavy atom. The van der Waals surface area contributed by atoms with Crippen LogP contribution >= 0.6 is 0 Å². The van der Waals surface area contributed by atoms with Crippen LogP contribution in [0.2, 0.25) is 0 Å². The first-order valence-electron chi connectivity index (χ1n) is 12.1. The van der Waals surface area contributed by atoms with E-state index in [1.54, 1.807) is 0 Å². The summed E-state index contributed by atoms with van der Waals surface area (Å²) < 4.78 is 41.1. The van der Waals surface area contributed by atoms with Gasteiger partial charge in [-0.15, -0.1) is 0 Å². The summed E-state index contributed by atoms with van der Waals surface area (Å²) in [5.74, 6) is -0.668. The van der Waals surface area contributed by atoms with Crippen molar-refractivity contribution < 1.29 is 17.6 Å². The van der Waals surface area contributed by atoms with Gasteiger partial charge in [-0.1, -0.05) is 44.2 Å². The molecule has 1 atom stereocenters. The predicted octanol–water partition coefficient (Wildman–Crippen LogP) is 4.08. The topological polar surface area (TPSA) is 69.7 Å². The first kappa shape index (κ1) is 28.0. The molecule has 6 nitrogen and oxygen atoms in total. The minimum atomic E-state index is -3.86. The number of nitrogens with one attached hydrogen (secondary N) is 1. The number of amides is 1. The van der Waals surface area contributed by atoms with Crippen molar-refractivity contribution in [2.24, 2.45) is 0 Å². The lowest BCUT2D eigenvalue weighted by Crippen LogP contribution is -2.39. The third-order valence-electron chi connectivity index (χ3n) is 5.95. The van der Waals surface area contributed by atoms with Crippen LogP contribution in [-0.4, -0.2) is 62.3 Å². The molecule has 0 bridgehead atoms. The van der Waals surface area contributed by atoms with Gasteiger partial charge >= 0.3 is 0 Å². The molecule has 0 heterocycles. The Bertz CT molecular complexity index is 965. The maximum Gasteiger partial charge on any atom is 0.243 e. The Morgan fingerprint density at radius 2 is 1.62 bits per heavy atom. The molecule has 1 amide bonds. The highest BCUT2D eigenvalue weighted by Crippen LogP contribution is 2.17. The van der Waals surface area contributed by atoms with Crippen molar-refractivity contribution in [3.05, 3.63) is 66.0 Å². The second kappa shape index (κ2) is 14.2. The Morgan fingerprint density at radius 3 is 2.24 bits per heavy atom. The second-order valence-electron chi connectivity index (χ2n) is 8.48. The number of benzene rings is 2. The van der Waals surface area contributed by atoms with Gasteiger partial charge in [-0.3, -0.25) is 4.79 Å². The van der Waals surface area contributed by atoms with E-state index in [1.807, 2.05) is 37.3 Å². The van der Waals surface area contributed by atoms with Gasteiger partial charge in [0.05, 0.1) is 4.90 Å². The fourth-order valence-corrected chi connectivity index (χ4v) is 5.25. The van der Waals surface area contributed by atoms with Crippen LogP contribution in [-0.2, 0) is 21.2 Å². The molecule has 0 saturated heterocycles. The third-order valence-corrected chi connectivity index (χ3v) is 7.86. The van der Waals surface area contributed by atoms with Crippen LogP contribution in [0.25, 0.3) is 0 Å². The zero-order chi connectivity index (χ0) is 25.0. The summed E-state index contributed by atoms with van der Waals surface area (Å²) in [5, 5.41) is 2.99. The van der Waals surface area contributed by atoms with E-state index in [0.29, 0.717) is 6.42 Å². The van der Waals surface area contributed by atoms with Gasteiger partial charge in [0.25, 0.3) is 0 Å². The third kappa shape index (κ3) is 9.16. The van der Waals surface area contributed by atoms with E-state index in [4.69, 9.17) is 0 Å². The molecule has 2 aromatic rings. The number of carbonyl (C=O) groups excluding carboxylic acids is 1. The normalized spacial score (nSPS) is 12.8. The van der Waals surface area contributed by atoms with Crippen LogP contribution in [0.3, 0.4) is 0 Å². The smallest absolute Gasteiger partial charge is 0.243 e. The van der Waals surface area contributed by atoms with Gasteiger partial charge in [0, 0.05) is 25.6 Å². The lowest BCUT2D eigenvalue weighted by molar-refractivity contribution is -0.121. The molecule has 8 heteroatoms. The van der Waals surface area contributed by atoms with Gasteiger partial charge in [-0.05, 0) is 75.6 Å². The van der Waals surface area contributed by atoms with Crippen molar-refractivity contribution in [3.63, 3.8) is 0 Å².